The standard InChI is InChI=1S/C24H26N4O2.C2H6/c25-18-14-19(28-12-10-27(11-13-28)15-6-2-1-3-7-15)22-21-20(18)23(29)16-8-4-5-9-17(16)24(21)30-26-22;1-2/h4-5,8-9,14-15H,1-3,6-7,10-13,25H2;1-2H3. The van der Waals surface area contributed by atoms with Gasteiger partial charge in [-0.25, -0.2) is 0 Å². The lowest BCUT2D eigenvalue weighted by atomic mass is 9.86. The van der Waals surface area contributed by atoms with E-state index in [2.05, 4.69) is 15.0 Å². The average Bonchev–Trinajstić information content (AvgIpc) is 3.30. The van der Waals surface area contributed by atoms with Crippen LogP contribution in [0.5, 0.6) is 0 Å². The molecule has 2 N–H and O–H groups in total. The van der Waals surface area contributed by atoms with E-state index in [-0.39, 0.29) is 5.78 Å². The molecule has 0 bridgehead atoms. The molecule has 2 aliphatic carbocycles. The van der Waals surface area contributed by atoms with Crippen molar-refractivity contribution in [1.29, 1.82) is 0 Å². The second-order valence-corrected chi connectivity index (χ2v) is 8.78. The number of hydrogen-bond donors (Lipinski definition) is 1. The summed E-state index contributed by atoms with van der Waals surface area (Å²) >= 11 is 0. The molecule has 1 aromatic heterocycles. The lowest BCUT2D eigenvalue weighted by Gasteiger charge is -2.41. The topological polar surface area (TPSA) is 75.6 Å². The van der Waals surface area contributed by atoms with Crippen LogP contribution < -0.4 is 10.6 Å². The van der Waals surface area contributed by atoms with E-state index in [1.165, 1.54) is 32.1 Å². The fourth-order valence-electron chi connectivity index (χ4n) is 5.59. The van der Waals surface area contributed by atoms with Gasteiger partial charge in [0.15, 0.2) is 11.5 Å². The van der Waals surface area contributed by atoms with E-state index in [4.69, 9.17) is 10.3 Å². The highest BCUT2D eigenvalue weighted by Crippen LogP contribution is 2.45. The zero-order valence-corrected chi connectivity index (χ0v) is 19.1. The maximum atomic E-state index is 13.1. The Morgan fingerprint density at radius 3 is 2.41 bits per heavy atom. The number of piperazine rings is 1. The maximum absolute atomic E-state index is 13.1. The number of aromatic nitrogens is 1. The van der Waals surface area contributed by atoms with Crippen molar-refractivity contribution in [3.63, 3.8) is 0 Å². The van der Waals surface area contributed by atoms with E-state index in [0.717, 1.165) is 54.4 Å². The maximum Gasteiger partial charge on any atom is 0.196 e. The monoisotopic (exact) mass is 432 g/mol. The molecule has 32 heavy (non-hydrogen) atoms. The van der Waals surface area contributed by atoms with Crippen LogP contribution in [0.25, 0.3) is 22.2 Å². The largest absolute Gasteiger partial charge is 0.398 e. The van der Waals surface area contributed by atoms with Crippen molar-refractivity contribution in [2.24, 2.45) is 0 Å². The van der Waals surface area contributed by atoms with Crippen molar-refractivity contribution >= 4 is 28.1 Å². The van der Waals surface area contributed by atoms with Gasteiger partial charge in [0.1, 0.15) is 5.52 Å². The number of ketones is 1. The minimum Gasteiger partial charge on any atom is -0.398 e. The van der Waals surface area contributed by atoms with Gasteiger partial charge >= 0.3 is 0 Å². The van der Waals surface area contributed by atoms with Crippen LogP contribution in [-0.2, 0) is 0 Å². The normalized spacial score (nSPS) is 18.9. The van der Waals surface area contributed by atoms with Gasteiger partial charge in [0.2, 0.25) is 0 Å². The molecule has 3 aliphatic rings. The summed E-state index contributed by atoms with van der Waals surface area (Å²) in [6.07, 6.45) is 6.78. The lowest BCUT2D eigenvalue weighted by molar-refractivity contribution is 0.104. The first-order chi connectivity index (χ1) is 15.7. The molecule has 6 heteroatoms. The molecular formula is C26H32N4O2. The Bertz CT molecular complexity index is 1140. The number of benzene rings is 2. The Morgan fingerprint density at radius 2 is 1.69 bits per heavy atom. The molecule has 0 spiro atoms. The van der Waals surface area contributed by atoms with Crippen LogP contribution in [0.1, 0.15) is 61.9 Å². The number of fused-ring (bicyclic) bond motifs is 2. The van der Waals surface area contributed by atoms with Gasteiger partial charge in [-0.1, -0.05) is 62.5 Å². The van der Waals surface area contributed by atoms with Gasteiger partial charge in [-0.05, 0) is 18.9 Å². The SMILES string of the molecule is CC.Nc1cc(N2CCN(C3CCCCC3)CC2)c2noc3c2c1C(=O)c1ccccc1-3. The molecule has 2 heterocycles. The van der Waals surface area contributed by atoms with Gasteiger partial charge in [0.05, 0.1) is 16.6 Å². The number of carbonyl (C=O) groups is 1. The van der Waals surface area contributed by atoms with E-state index in [0.29, 0.717) is 22.6 Å². The predicted octanol–water partition coefficient (Wildman–Crippen LogP) is 5.10. The van der Waals surface area contributed by atoms with Crippen molar-refractivity contribution in [3.05, 3.63) is 41.5 Å². The Balaban J connectivity index is 0.00000105. The van der Waals surface area contributed by atoms with E-state index < -0.39 is 0 Å². The summed E-state index contributed by atoms with van der Waals surface area (Å²) in [7, 11) is 0. The smallest absolute Gasteiger partial charge is 0.196 e. The summed E-state index contributed by atoms with van der Waals surface area (Å²) in [5, 5.41) is 5.18. The highest BCUT2D eigenvalue weighted by molar-refractivity contribution is 6.28. The molecule has 6 nitrogen and oxygen atoms in total. The molecular weight excluding hydrogens is 400 g/mol. The number of carbonyl (C=O) groups excluding carboxylic acids is 1. The van der Waals surface area contributed by atoms with Gasteiger partial charge in [-0.15, -0.1) is 0 Å². The van der Waals surface area contributed by atoms with Crippen molar-refractivity contribution in [2.45, 2.75) is 52.0 Å². The van der Waals surface area contributed by atoms with Crippen LogP contribution in [0.4, 0.5) is 11.4 Å². The van der Waals surface area contributed by atoms with Gasteiger partial charge in [-0.2, -0.15) is 0 Å². The molecule has 168 valence electrons. The van der Waals surface area contributed by atoms with Crippen molar-refractivity contribution in [1.82, 2.24) is 10.1 Å². The van der Waals surface area contributed by atoms with E-state index >= 15 is 0 Å². The highest BCUT2D eigenvalue weighted by Gasteiger charge is 2.34. The predicted molar refractivity (Wildman–Crippen MR) is 129 cm³/mol. The average molecular weight is 433 g/mol. The number of anilines is 2. The van der Waals surface area contributed by atoms with E-state index in [9.17, 15) is 4.79 Å². The van der Waals surface area contributed by atoms with E-state index in [1.54, 1.807) is 0 Å². The third kappa shape index (κ3) is 3.28. The molecule has 1 aliphatic heterocycles. The summed E-state index contributed by atoms with van der Waals surface area (Å²) in [5.41, 5.74) is 10.6. The minimum atomic E-state index is -0.0440. The number of hydrogen-bond acceptors (Lipinski definition) is 6. The van der Waals surface area contributed by atoms with Crippen LogP contribution in [0.2, 0.25) is 0 Å². The zero-order chi connectivity index (χ0) is 22.2. The molecule has 0 unspecified atom stereocenters. The highest BCUT2D eigenvalue weighted by atomic mass is 16.5. The first kappa shape index (κ1) is 21.0. The van der Waals surface area contributed by atoms with Crippen LogP contribution in [0, 0.1) is 0 Å². The summed E-state index contributed by atoms with van der Waals surface area (Å²) in [5.74, 6) is 0.613. The van der Waals surface area contributed by atoms with E-state index in [1.807, 2.05) is 44.2 Å². The van der Waals surface area contributed by atoms with Crippen LogP contribution >= 0.6 is 0 Å². The third-order valence-electron chi connectivity index (χ3n) is 7.16. The molecule has 2 fully saturated rings. The van der Waals surface area contributed by atoms with Gasteiger partial charge in [0, 0.05) is 49.0 Å². The van der Waals surface area contributed by atoms with Crippen LogP contribution in [0.3, 0.4) is 0 Å². The van der Waals surface area contributed by atoms with Gasteiger partial charge in [-0.3, -0.25) is 9.69 Å². The van der Waals surface area contributed by atoms with Crippen molar-refractivity contribution < 1.29 is 9.32 Å². The quantitative estimate of drug-likeness (QED) is 0.444. The molecule has 6 rings (SSSR count). The van der Waals surface area contributed by atoms with Crippen LogP contribution in [-0.4, -0.2) is 48.1 Å². The number of nitrogen functional groups attached to an aromatic ring is 1. The fourth-order valence-corrected chi connectivity index (χ4v) is 5.59. The first-order valence-corrected chi connectivity index (χ1v) is 12.1. The number of rotatable bonds is 2. The lowest BCUT2D eigenvalue weighted by Crippen LogP contribution is -2.51. The summed E-state index contributed by atoms with van der Waals surface area (Å²) in [4.78, 5) is 18.2. The van der Waals surface area contributed by atoms with Gasteiger partial charge in [0.25, 0.3) is 0 Å². The third-order valence-corrected chi connectivity index (χ3v) is 7.16. The fraction of sp³-hybridized carbons (Fsp3) is 0.462. The Kier molecular flexibility index (Phi) is 5.64. The second kappa shape index (κ2) is 8.58. The van der Waals surface area contributed by atoms with Crippen molar-refractivity contribution in [2.75, 3.05) is 36.8 Å². The number of nitrogens with zero attached hydrogens (tertiary/aromatic N) is 3. The molecule has 3 aromatic rings. The first-order valence-electron chi connectivity index (χ1n) is 12.1. The summed E-state index contributed by atoms with van der Waals surface area (Å²) in [6.45, 7) is 7.99. The minimum absolute atomic E-state index is 0.0440. The second-order valence-electron chi connectivity index (χ2n) is 8.78. The Labute approximate surface area is 189 Å². The molecule has 1 saturated carbocycles. The molecule has 0 amide bonds. The Hall–Kier alpha value is -2.86. The Morgan fingerprint density at radius 1 is 1.00 bits per heavy atom. The molecule has 2 aromatic carbocycles. The van der Waals surface area contributed by atoms with Gasteiger partial charge < -0.3 is 15.2 Å². The molecule has 0 atom stereocenters. The van der Waals surface area contributed by atoms with Crippen molar-refractivity contribution in [3.8, 4) is 11.3 Å². The molecule has 0 radical (unpaired) electrons. The zero-order valence-electron chi connectivity index (χ0n) is 19.1. The summed E-state index contributed by atoms with van der Waals surface area (Å²) < 4.78 is 5.78. The molecule has 1 saturated heterocycles. The summed E-state index contributed by atoms with van der Waals surface area (Å²) in [6, 6.07) is 10.2. The number of nitrogens with two attached hydrogens (primary N) is 1. The van der Waals surface area contributed by atoms with Crippen LogP contribution in [0.15, 0.2) is 34.9 Å².